The molecule has 0 bridgehead atoms. The molecule has 1 aromatic rings. The first kappa shape index (κ1) is 15.0. The monoisotopic (exact) mass is 250 g/mol. The second kappa shape index (κ2) is 4.90. The summed E-state index contributed by atoms with van der Waals surface area (Å²) in [6, 6.07) is 6.91. The number of phenolic OH excluding ortho intramolecular Hbond substituents is 1. The molecule has 1 atom stereocenters. The van der Waals surface area contributed by atoms with E-state index in [9.17, 15) is 10.3 Å². The lowest BCUT2D eigenvalue weighted by Crippen LogP contribution is -2.53. The van der Waals surface area contributed by atoms with Gasteiger partial charge >= 0.3 is 0 Å². The molecule has 0 heterocycles. The van der Waals surface area contributed by atoms with Gasteiger partial charge in [0.15, 0.2) is 0 Å². The topological polar surface area (TPSA) is 43.4 Å². The van der Waals surface area contributed by atoms with E-state index < -0.39 is 11.1 Å². The molecule has 0 amide bonds. The van der Waals surface area contributed by atoms with Gasteiger partial charge in [-0.3, -0.25) is 0 Å². The predicted molar refractivity (Wildman–Crippen MR) is 72.6 cm³/mol. The number of nitrogens with zero attached hydrogens (tertiary/aromatic N) is 1. The van der Waals surface area contributed by atoms with Crippen molar-refractivity contribution in [1.82, 2.24) is 5.06 Å². The van der Waals surface area contributed by atoms with Crippen LogP contribution in [0.5, 0.6) is 5.75 Å². The molecule has 3 nitrogen and oxygen atoms in total. The molecule has 101 valence electrons. The second-order valence-corrected chi connectivity index (χ2v) is 6.31. The summed E-state index contributed by atoms with van der Waals surface area (Å²) in [6.45, 7) is 11.8. The Morgan fingerprint density at radius 1 is 1.06 bits per heavy atom. The van der Waals surface area contributed by atoms with Gasteiger partial charge in [0, 0.05) is 5.54 Å². The van der Waals surface area contributed by atoms with E-state index in [4.69, 9.17) is 0 Å². The normalized spacial score (nSPS) is 16.1. The van der Waals surface area contributed by atoms with Crippen LogP contribution in [0.15, 0.2) is 24.3 Å². The van der Waals surface area contributed by atoms with Gasteiger partial charge < -0.3 is 5.11 Å². The molecule has 0 saturated carbocycles. The van der Waals surface area contributed by atoms with Crippen molar-refractivity contribution in [2.24, 2.45) is 5.92 Å². The summed E-state index contributed by atoms with van der Waals surface area (Å²) in [6.07, 6.45) is 0. The fourth-order valence-corrected chi connectivity index (χ4v) is 2.18. The van der Waals surface area contributed by atoms with Gasteiger partial charge in [-0.15, -0.1) is 10.3 Å². The highest BCUT2D eigenvalue weighted by molar-refractivity contribution is 5.31. The van der Waals surface area contributed by atoms with Crippen molar-refractivity contribution in [3.63, 3.8) is 0 Å². The van der Waals surface area contributed by atoms with Gasteiger partial charge in [-0.05, 0) is 51.3 Å². The van der Waals surface area contributed by atoms with Gasteiger partial charge in [0.05, 0.1) is 5.54 Å². The zero-order valence-corrected chi connectivity index (χ0v) is 12.2. The van der Waals surface area contributed by atoms with Gasteiger partial charge in [0.1, 0.15) is 5.75 Å². The number of hydrogen-bond acceptors (Lipinski definition) is 2. The first-order valence-corrected chi connectivity index (χ1v) is 6.37. The molecule has 0 spiro atoms. The smallest absolute Gasteiger partial charge is 0.115 e. The molecule has 1 aromatic carbocycles. The zero-order chi connectivity index (χ0) is 14.1. The van der Waals surface area contributed by atoms with Crippen LogP contribution in [0.3, 0.4) is 0 Å². The number of phenols is 1. The quantitative estimate of drug-likeness (QED) is 0.831. The maximum Gasteiger partial charge on any atom is 0.115 e. The lowest BCUT2D eigenvalue weighted by Gasteiger charge is -2.45. The lowest BCUT2D eigenvalue weighted by molar-refractivity contribution is -0.286. The molecule has 1 rings (SSSR count). The Labute approximate surface area is 110 Å². The molecule has 1 N–H and O–H groups in total. The van der Waals surface area contributed by atoms with E-state index in [1.54, 1.807) is 12.1 Å². The number of hydroxylamine groups is 2. The van der Waals surface area contributed by atoms with E-state index in [0.717, 1.165) is 10.6 Å². The van der Waals surface area contributed by atoms with Crippen LogP contribution in [-0.2, 0) is 10.7 Å². The maximum atomic E-state index is 12.7. The molecule has 0 aliphatic heterocycles. The molecule has 1 radical (unpaired) electrons. The van der Waals surface area contributed by atoms with Crippen molar-refractivity contribution in [2.75, 3.05) is 0 Å². The van der Waals surface area contributed by atoms with Crippen molar-refractivity contribution in [3.05, 3.63) is 29.8 Å². The highest BCUT2D eigenvalue weighted by Crippen LogP contribution is 2.39. The molecular weight excluding hydrogens is 226 g/mol. The average molecular weight is 250 g/mol. The van der Waals surface area contributed by atoms with Gasteiger partial charge in [-0.25, -0.2) is 0 Å². The van der Waals surface area contributed by atoms with E-state index in [2.05, 4.69) is 0 Å². The van der Waals surface area contributed by atoms with E-state index in [1.165, 1.54) is 0 Å². The molecule has 0 aromatic heterocycles. The Hall–Kier alpha value is -1.06. The molecule has 0 aliphatic rings. The summed E-state index contributed by atoms with van der Waals surface area (Å²) in [5.41, 5.74) is -0.136. The molecule has 0 aliphatic carbocycles. The first-order valence-electron chi connectivity index (χ1n) is 6.37. The minimum Gasteiger partial charge on any atom is -0.508 e. The van der Waals surface area contributed by atoms with Crippen molar-refractivity contribution in [1.29, 1.82) is 0 Å². The minimum absolute atomic E-state index is 0.166. The van der Waals surface area contributed by atoms with Crippen LogP contribution in [0.25, 0.3) is 0 Å². The van der Waals surface area contributed by atoms with Crippen molar-refractivity contribution in [2.45, 2.75) is 52.6 Å². The Bertz CT molecular complexity index is 392. The molecule has 0 fully saturated rings. The Morgan fingerprint density at radius 2 is 1.50 bits per heavy atom. The van der Waals surface area contributed by atoms with Crippen molar-refractivity contribution in [3.8, 4) is 5.75 Å². The first-order chi connectivity index (χ1) is 8.10. The summed E-state index contributed by atoms with van der Waals surface area (Å²) >= 11 is 0. The van der Waals surface area contributed by atoms with Crippen LogP contribution in [-0.4, -0.2) is 15.7 Å². The third-order valence-electron chi connectivity index (χ3n) is 3.61. The number of aromatic hydroxyl groups is 1. The van der Waals surface area contributed by atoms with Crippen LogP contribution in [0.1, 0.15) is 47.1 Å². The van der Waals surface area contributed by atoms with Crippen molar-refractivity contribution < 1.29 is 10.3 Å². The van der Waals surface area contributed by atoms with Crippen molar-refractivity contribution >= 4 is 0 Å². The number of benzene rings is 1. The predicted octanol–water partition coefficient (Wildman–Crippen LogP) is 3.71. The molecule has 0 saturated heterocycles. The Morgan fingerprint density at radius 3 is 1.83 bits per heavy atom. The maximum absolute atomic E-state index is 12.7. The molecular formula is C15H24NO2. The summed E-state index contributed by atoms with van der Waals surface area (Å²) in [4.78, 5) is 0. The summed E-state index contributed by atoms with van der Waals surface area (Å²) in [5.74, 6) is 0.386. The van der Waals surface area contributed by atoms with Gasteiger partial charge in [0.25, 0.3) is 0 Å². The minimum atomic E-state index is -0.605. The van der Waals surface area contributed by atoms with Crippen LogP contribution < -0.4 is 0 Å². The lowest BCUT2D eigenvalue weighted by atomic mass is 9.79. The largest absolute Gasteiger partial charge is 0.508 e. The summed E-state index contributed by atoms with van der Waals surface area (Å²) in [5, 5.41) is 23.2. The third-order valence-corrected chi connectivity index (χ3v) is 3.61. The van der Waals surface area contributed by atoms with Gasteiger partial charge in [-0.1, -0.05) is 26.0 Å². The van der Waals surface area contributed by atoms with Crippen LogP contribution in [0, 0.1) is 5.92 Å². The standard InChI is InChI=1S/C15H24NO2/c1-11(2)15(6,16(18)14(3,4)5)12-7-9-13(17)10-8-12/h7-11,17H,1-6H3. The second-order valence-electron chi connectivity index (χ2n) is 6.31. The zero-order valence-electron chi connectivity index (χ0n) is 12.2. The number of rotatable bonds is 3. The summed E-state index contributed by atoms with van der Waals surface area (Å²) in [7, 11) is 0. The van der Waals surface area contributed by atoms with E-state index in [1.807, 2.05) is 53.7 Å². The highest BCUT2D eigenvalue weighted by atomic mass is 16.5. The van der Waals surface area contributed by atoms with E-state index in [0.29, 0.717) is 0 Å². The van der Waals surface area contributed by atoms with Gasteiger partial charge in [-0.2, -0.15) is 0 Å². The number of hydrogen-bond donors (Lipinski definition) is 1. The summed E-state index contributed by atoms with van der Waals surface area (Å²) < 4.78 is 0. The highest BCUT2D eigenvalue weighted by Gasteiger charge is 2.43. The Kier molecular flexibility index (Phi) is 4.08. The van der Waals surface area contributed by atoms with E-state index in [-0.39, 0.29) is 11.7 Å². The third kappa shape index (κ3) is 2.68. The molecule has 18 heavy (non-hydrogen) atoms. The fraction of sp³-hybridized carbons (Fsp3) is 0.600. The van der Waals surface area contributed by atoms with E-state index >= 15 is 0 Å². The molecule has 1 unspecified atom stereocenters. The van der Waals surface area contributed by atoms with Crippen LogP contribution >= 0.6 is 0 Å². The van der Waals surface area contributed by atoms with Crippen LogP contribution in [0.2, 0.25) is 0 Å². The average Bonchev–Trinajstić information content (AvgIpc) is 2.26. The van der Waals surface area contributed by atoms with Gasteiger partial charge in [0.2, 0.25) is 0 Å². The van der Waals surface area contributed by atoms with Crippen LogP contribution in [0.4, 0.5) is 0 Å². The fourth-order valence-electron chi connectivity index (χ4n) is 2.18. The molecule has 3 heteroatoms. The Balaban J connectivity index is 3.28. The SMILES string of the molecule is CC(C)C(C)(c1ccc(O)cc1)N([O])C(C)(C)C.